The summed E-state index contributed by atoms with van der Waals surface area (Å²) in [7, 11) is 0. The van der Waals surface area contributed by atoms with Crippen LogP contribution in [0.4, 0.5) is 0 Å². The molecule has 0 spiro atoms. The van der Waals surface area contributed by atoms with Crippen molar-refractivity contribution in [2.75, 3.05) is 0 Å². The maximum Gasteiger partial charge on any atom is 0.139 e. The Kier molecular flexibility index (Phi) is 7.60. The number of carbonyl (C=O) groups excluding carboxylic acids is 1. The summed E-state index contributed by atoms with van der Waals surface area (Å²) in [5.74, 6) is 0.475. The third-order valence-electron chi connectivity index (χ3n) is 4.50. The van der Waals surface area contributed by atoms with Crippen LogP contribution in [0.15, 0.2) is 57.7 Å². The van der Waals surface area contributed by atoms with Crippen LogP contribution in [0.5, 0.6) is 0 Å². The number of aryl methyl sites for hydroxylation is 2. The van der Waals surface area contributed by atoms with E-state index in [-0.39, 0.29) is 5.92 Å². The van der Waals surface area contributed by atoms with Gasteiger partial charge in [0.25, 0.3) is 0 Å². The molecule has 0 amide bonds. The van der Waals surface area contributed by atoms with E-state index in [4.69, 9.17) is 8.83 Å². The monoisotopic (exact) mass is 328 g/mol. The van der Waals surface area contributed by atoms with E-state index in [0.717, 1.165) is 38.5 Å². The van der Waals surface area contributed by atoms with Gasteiger partial charge in [-0.25, -0.2) is 0 Å². The van der Waals surface area contributed by atoms with Crippen LogP contribution in [-0.4, -0.2) is 5.78 Å². The highest BCUT2D eigenvalue weighted by atomic mass is 16.3. The maximum atomic E-state index is 12.2. The third kappa shape index (κ3) is 6.61. The van der Waals surface area contributed by atoms with Crippen LogP contribution in [0.2, 0.25) is 0 Å². The molecule has 0 aromatic carbocycles. The van der Waals surface area contributed by atoms with Gasteiger partial charge in [0, 0.05) is 12.3 Å². The van der Waals surface area contributed by atoms with Gasteiger partial charge >= 0.3 is 0 Å². The molecule has 0 radical (unpaired) electrons. The van der Waals surface area contributed by atoms with Crippen LogP contribution in [0.25, 0.3) is 0 Å². The van der Waals surface area contributed by atoms with Gasteiger partial charge in [-0.05, 0) is 68.7 Å². The maximum absolute atomic E-state index is 12.2. The van der Waals surface area contributed by atoms with Gasteiger partial charge in [-0.3, -0.25) is 4.79 Å². The van der Waals surface area contributed by atoms with E-state index >= 15 is 0 Å². The molecule has 0 unspecified atom stereocenters. The average molecular weight is 328 g/mol. The number of Topliss-reactive ketones (excluding diaryl/α,β-unsaturated/α-hetero) is 1. The fourth-order valence-electron chi connectivity index (χ4n) is 2.79. The van der Waals surface area contributed by atoms with Gasteiger partial charge in [-0.2, -0.15) is 0 Å². The molecule has 0 saturated carbocycles. The second-order valence-electron chi connectivity index (χ2n) is 6.63. The van der Waals surface area contributed by atoms with Gasteiger partial charge in [0.2, 0.25) is 0 Å². The molecular formula is C21H28O3. The molecule has 3 nitrogen and oxygen atoms in total. The first-order valence-corrected chi connectivity index (χ1v) is 8.85. The van der Waals surface area contributed by atoms with Gasteiger partial charge in [0.1, 0.15) is 5.78 Å². The Balaban J connectivity index is 1.60. The first kappa shape index (κ1) is 18.3. The number of allylic oxidation sites excluding steroid dienone is 2. The second kappa shape index (κ2) is 9.96. The zero-order valence-corrected chi connectivity index (χ0v) is 14.8. The van der Waals surface area contributed by atoms with E-state index in [0.29, 0.717) is 12.2 Å². The van der Waals surface area contributed by atoms with Gasteiger partial charge in [-0.15, -0.1) is 0 Å². The number of carbonyl (C=O) groups is 1. The SMILES string of the molecule is CC(=CCC(=O)[C@@H](C)CCCc1ccoc1)CCCc1ccoc1. The summed E-state index contributed by atoms with van der Waals surface area (Å²) < 4.78 is 10.1. The van der Waals surface area contributed by atoms with E-state index in [9.17, 15) is 4.79 Å². The average Bonchev–Trinajstić information content (AvgIpc) is 3.26. The van der Waals surface area contributed by atoms with Crippen LogP contribution in [0, 0.1) is 5.92 Å². The van der Waals surface area contributed by atoms with Crippen LogP contribution in [-0.2, 0) is 17.6 Å². The zero-order valence-electron chi connectivity index (χ0n) is 14.8. The highest BCUT2D eigenvalue weighted by Crippen LogP contribution is 2.15. The van der Waals surface area contributed by atoms with Crippen molar-refractivity contribution in [3.8, 4) is 0 Å². The van der Waals surface area contributed by atoms with Gasteiger partial charge < -0.3 is 8.83 Å². The van der Waals surface area contributed by atoms with Crippen molar-refractivity contribution >= 4 is 5.78 Å². The lowest BCUT2D eigenvalue weighted by Gasteiger charge is -2.09. The fourth-order valence-corrected chi connectivity index (χ4v) is 2.79. The molecule has 0 aliphatic heterocycles. The smallest absolute Gasteiger partial charge is 0.139 e. The predicted octanol–water partition coefficient (Wildman–Crippen LogP) is 5.76. The molecule has 0 aliphatic rings. The molecule has 0 N–H and O–H groups in total. The summed E-state index contributed by atoms with van der Waals surface area (Å²) in [5, 5.41) is 0. The number of hydrogen-bond donors (Lipinski definition) is 0. The van der Waals surface area contributed by atoms with Crippen molar-refractivity contribution < 1.29 is 13.6 Å². The quantitative estimate of drug-likeness (QED) is 0.492. The van der Waals surface area contributed by atoms with E-state index in [1.165, 1.54) is 16.7 Å². The topological polar surface area (TPSA) is 43.4 Å². The van der Waals surface area contributed by atoms with Crippen LogP contribution >= 0.6 is 0 Å². The van der Waals surface area contributed by atoms with E-state index in [1.807, 2.05) is 19.1 Å². The molecular weight excluding hydrogens is 300 g/mol. The number of hydrogen-bond acceptors (Lipinski definition) is 3. The highest BCUT2D eigenvalue weighted by molar-refractivity contribution is 5.82. The van der Waals surface area contributed by atoms with Crippen molar-refractivity contribution in [1.82, 2.24) is 0 Å². The predicted molar refractivity (Wildman–Crippen MR) is 95.8 cm³/mol. The lowest BCUT2D eigenvalue weighted by molar-refractivity contribution is -0.121. The Morgan fingerprint density at radius 1 is 1.08 bits per heavy atom. The molecule has 2 aromatic heterocycles. The van der Waals surface area contributed by atoms with Gasteiger partial charge in [0.05, 0.1) is 25.1 Å². The molecule has 0 aliphatic carbocycles. The Hall–Kier alpha value is -2.03. The van der Waals surface area contributed by atoms with Crippen LogP contribution in [0.3, 0.4) is 0 Å². The van der Waals surface area contributed by atoms with E-state index in [1.54, 1.807) is 25.1 Å². The zero-order chi connectivity index (χ0) is 17.2. The summed E-state index contributed by atoms with van der Waals surface area (Å²) in [5.41, 5.74) is 3.76. The minimum Gasteiger partial charge on any atom is -0.472 e. The molecule has 0 saturated heterocycles. The molecule has 2 rings (SSSR count). The van der Waals surface area contributed by atoms with Crippen molar-refractivity contribution in [2.45, 2.75) is 58.8 Å². The molecule has 24 heavy (non-hydrogen) atoms. The van der Waals surface area contributed by atoms with Gasteiger partial charge in [0.15, 0.2) is 0 Å². The normalized spacial score (nSPS) is 13.2. The molecule has 2 heterocycles. The Morgan fingerprint density at radius 2 is 1.71 bits per heavy atom. The van der Waals surface area contributed by atoms with Crippen molar-refractivity contribution in [2.24, 2.45) is 5.92 Å². The minimum atomic E-state index is 0.131. The summed E-state index contributed by atoms with van der Waals surface area (Å²) >= 11 is 0. The standard InChI is InChI=1S/C21H28O3/c1-17(5-3-7-19-11-13-23-15-19)9-10-21(22)18(2)6-4-8-20-12-14-24-16-20/h9,11-16,18H,3-8,10H2,1-2H3/t18-/m0/s1. The molecule has 2 aromatic rings. The summed E-state index contributed by atoms with van der Waals surface area (Å²) in [4.78, 5) is 12.2. The first-order valence-electron chi connectivity index (χ1n) is 8.85. The number of furan rings is 2. The highest BCUT2D eigenvalue weighted by Gasteiger charge is 2.11. The Labute approximate surface area is 144 Å². The van der Waals surface area contributed by atoms with E-state index < -0.39 is 0 Å². The molecule has 3 heteroatoms. The summed E-state index contributed by atoms with van der Waals surface area (Å²) in [6.45, 7) is 4.16. The van der Waals surface area contributed by atoms with Crippen molar-refractivity contribution in [3.05, 3.63) is 60.0 Å². The Morgan fingerprint density at radius 3 is 2.29 bits per heavy atom. The largest absolute Gasteiger partial charge is 0.472 e. The number of rotatable bonds is 11. The van der Waals surface area contributed by atoms with Crippen molar-refractivity contribution in [1.29, 1.82) is 0 Å². The first-order chi connectivity index (χ1) is 11.6. The summed E-state index contributed by atoms with van der Waals surface area (Å²) in [6, 6.07) is 4.00. The minimum absolute atomic E-state index is 0.131. The van der Waals surface area contributed by atoms with Crippen LogP contribution in [0.1, 0.15) is 57.1 Å². The lowest BCUT2D eigenvalue weighted by atomic mass is 9.95. The fraction of sp³-hybridized carbons (Fsp3) is 0.476. The lowest BCUT2D eigenvalue weighted by Crippen LogP contribution is -2.10. The summed E-state index contributed by atoms with van der Waals surface area (Å²) in [6.07, 6.45) is 15.8. The number of ketones is 1. The molecule has 130 valence electrons. The van der Waals surface area contributed by atoms with E-state index in [2.05, 4.69) is 13.0 Å². The van der Waals surface area contributed by atoms with Gasteiger partial charge in [-0.1, -0.05) is 18.6 Å². The Bertz CT molecular complexity index is 606. The third-order valence-corrected chi connectivity index (χ3v) is 4.50. The second-order valence-corrected chi connectivity index (χ2v) is 6.63. The van der Waals surface area contributed by atoms with Crippen LogP contribution < -0.4 is 0 Å². The van der Waals surface area contributed by atoms with Crippen molar-refractivity contribution in [3.63, 3.8) is 0 Å². The molecule has 0 bridgehead atoms. The molecule has 0 fully saturated rings. The molecule has 1 atom stereocenters.